The minimum Gasteiger partial charge on any atom is -0.343 e. The second kappa shape index (κ2) is 7.94. The Kier molecular flexibility index (Phi) is 5.74. The van der Waals surface area contributed by atoms with E-state index in [0.29, 0.717) is 16.3 Å². The van der Waals surface area contributed by atoms with E-state index in [9.17, 15) is 18.0 Å². The number of carbonyl (C=O) groups excluding carboxylic acids is 1. The number of nitrogens with one attached hydrogen (secondary N) is 1. The van der Waals surface area contributed by atoms with Gasteiger partial charge in [-0.2, -0.15) is 18.3 Å². The highest BCUT2D eigenvalue weighted by atomic mass is 32.1. The monoisotopic (exact) mass is 423 g/mol. The van der Waals surface area contributed by atoms with Crippen molar-refractivity contribution < 1.29 is 18.0 Å². The molecule has 0 saturated carbocycles. The number of nitrogens with zero attached hydrogens (tertiary/aromatic N) is 4. The molecule has 1 atom stereocenters. The second-order valence-electron chi connectivity index (χ2n) is 6.92. The van der Waals surface area contributed by atoms with Gasteiger partial charge in [0.2, 0.25) is 0 Å². The number of amides is 1. The molecule has 0 radical (unpaired) electrons. The van der Waals surface area contributed by atoms with Crippen molar-refractivity contribution in [2.75, 3.05) is 0 Å². The smallest absolute Gasteiger partial charge is 0.343 e. The van der Waals surface area contributed by atoms with E-state index < -0.39 is 11.9 Å². The second-order valence-corrected chi connectivity index (χ2v) is 7.99. The van der Waals surface area contributed by atoms with Crippen LogP contribution in [-0.2, 0) is 13.2 Å². The number of alkyl halides is 3. The van der Waals surface area contributed by atoms with Crippen molar-refractivity contribution in [3.05, 3.63) is 52.6 Å². The van der Waals surface area contributed by atoms with Gasteiger partial charge in [-0.25, -0.2) is 4.98 Å². The highest BCUT2D eigenvalue weighted by Gasteiger charge is 2.32. The normalized spacial score (nSPS) is 13.0. The Balaban J connectivity index is 1.76. The first kappa shape index (κ1) is 21.0. The number of pyridine rings is 1. The van der Waals surface area contributed by atoms with Gasteiger partial charge in [0.1, 0.15) is 16.4 Å². The van der Waals surface area contributed by atoms with Crippen LogP contribution in [0, 0.1) is 0 Å². The Morgan fingerprint density at radius 3 is 2.55 bits per heavy atom. The molecule has 0 aliphatic carbocycles. The minimum absolute atomic E-state index is 0.200. The Morgan fingerprint density at radius 2 is 1.93 bits per heavy atom. The Labute approximate surface area is 169 Å². The maximum Gasteiger partial charge on any atom is 0.433 e. The maximum atomic E-state index is 12.9. The molecule has 3 aromatic heterocycles. The standard InChI is InChI=1S/C19H20F3N5OS/c1-10(2)13-8-14(27(4)26-13)17(28)25-11(3)15-9-24-18(29-15)12-5-6-23-16(7-12)19(20,21)22/h5-11H,1-4H3,(H,25,28). The molecule has 3 heterocycles. The van der Waals surface area contributed by atoms with Crippen LogP contribution in [0.3, 0.4) is 0 Å². The first-order chi connectivity index (χ1) is 13.6. The predicted octanol–water partition coefficient (Wildman–Crippen LogP) is 4.57. The zero-order valence-electron chi connectivity index (χ0n) is 16.3. The van der Waals surface area contributed by atoms with Crippen molar-refractivity contribution in [3.8, 4) is 10.6 Å². The van der Waals surface area contributed by atoms with Gasteiger partial charge in [0.25, 0.3) is 5.91 Å². The summed E-state index contributed by atoms with van der Waals surface area (Å²) >= 11 is 1.22. The lowest BCUT2D eigenvalue weighted by atomic mass is 10.1. The summed E-state index contributed by atoms with van der Waals surface area (Å²) in [4.78, 5) is 20.9. The molecule has 1 amide bonds. The first-order valence-electron chi connectivity index (χ1n) is 8.90. The largest absolute Gasteiger partial charge is 0.433 e. The summed E-state index contributed by atoms with van der Waals surface area (Å²) in [5, 5.41) is 7.64. The molecule has 0 fully saturated rings. The zero-order valence-corrected chi connectivity index (χ0v) is 17.1. The van der Waals surface area contributed by atoms with Gasteiger partial charge in [0.15, 0.2) is 0 Å². The summed E-state index contributed by atoms with van der Waals surface area (Å²) in [5.74, 6) is -0.0798. The van der Waals surface area contributed by atoms with E-state index in [1.165, 1.54) is 22.1 Å². The average Bonchev–Trinajstić information content (AvgIpc) is 3.28. The van der Waals surface area contributed by atoms with Crippen molar-refractivity contribution in [2.45, 2.75) is 38.9 Å². The van der Waals surface area contributed by atoms with E-state index in [1.54, 1.807) is 26.2 Å². The molecule has 1 N–H and O–H groups in total. The number of rotatable bonds is 5. The summed E-state index contributed by atoms with van der Waals surface area (Å²) in [6.07, 6.45) is -1.85. The maximum absolute atomic E-state index is 12.9. The van der Waals surface area contributed by atoms with Crippen LogP contribution < -0.4 is 5.32 Å². The van der Waals surface area contributed by atoms with Crippen LogP contribution in [0.1, 0.15) is 59.5 Å². The molecule has 0 aliphatic heterocycles. The fourth-order valence-corrected chi connectivity index (χ4v) is 3.58. The first-order valence-corrected chi connectivity index (χ1v) is 9.72. The summed E-state index contributed by atoms with van der Waals surface area (Å²) in [7, 11) is 1.71. The molecular weight excluding hydrogens is 403 g/mol. The summed E-state index contributed by atoms with van der Waals surface area (Å²) in [6, 6.07) is 3.83. The lowest BCUT2D eigenvalue weighted by Crippen LogP contribution is -2.27. The highest BCUT2D eigenvalue weighted by Crippen LogP contribution is 2.33. The van der Waals surface area contributed by atoms with Gasteiger partial charge in [-0.15, -0.1) is 11.3 Å². The van der Waals surface area contributed by atoms with Crippen molar-refractivity contribution in [1.29, 1.82) is 0 Å². The molecule has 3 aromatic rings. The minimum atomic E-state index is -4.52. The molecule has 154 valence electrons. The van der Waals surface area contributed by atoms with E-state index in [4.69, 9.17) is 0 Å². The number of aromatic nitrogens is 4. The molecule has 0 aliphatic rings. The lowest BCUT2D eigenvalue weighted by molar-refractivity contribution is -0.141. The van der Waals surface area contributed by atoms with Gasteiger partial charge in [-0.05, 0) is 31.0 Å². The topological polar surface area (TPSA) is 72.7 Å². The quantitative estimate of drug-likeness (QED) is 0.652. The third kappa shape index (κ3) is 4.64. The van der Waals surface area contributed by atoms with Crippen LogP contribution in [-0.4, -0.2) is 25.7 Å². The third-order valence-corrected chi connectivity index (χ3v) is 5.55. The van der Waals surface area contributed by atoms with Crippen LogP contribution in [0.4, 0.5) is 13.2 Å². The number of carbonyl (C=O) groups is 1. The molecule has 3 rings (SSSR count). The molecule has 0 saturated heterocycles. The van der Waals surface area contributed by atoms with Crippen molar-refractivity contribution in [3.63, 3.8) is 0 Å². The fourth-order valence-electron chi connectivity index (χ4n) is 2.66. The Hall–Kier alpha value is -2.75. The van der Waals surface area contributed by atoms with Gasteiger partial charge in [-0.3, -0.25) is 14.5 Å². The molecule has 0 spiro atoms. The molecule has 10 heteroatoms. The SMILES string of the molecule is CC(C)c1cc(C(=O)NC(C)c2cnc(-c3ccnc(C(F)(F)F)c3)s2)n(C)n1. The number of thiazole rings is 1. The van der Waals surface area contributed by atoms with Gasteiger partial charge in [0, 0.05) is 29.9 Å². The molecular formula is C19H20F3N5OS. The van der Waals surface area contributed by atoms with Crippen LogP contribution in [0.25, 0.3) is 10.6 Å². The van der Waals surface area contributed by atoms with Gasteiger partial charge in [-0.1, -0.05) is 13.8 Å². The van der Waals surface area contributed by atoms with E-state index >= 15 is 0 Å². The van der Waals surface area contributed by atoms with Crippen molar-refractivity contribution in [2.24, 2.45) is 7.05 Å². The van der Waals surface area contributed by atoms with E-state index in [1.807, 2.05) is 13.8 Å². The van der Waals surface area contributed by atoms with E-state index in [0.717, 1.165) is 22.8 Å². The highest BCUT2D eigenvalue weighted by molar-refractivity contribution is 7.15. The van der Waals surface area contributed by atoms with E-state index in [-0.39, 0.29) is 17.9 Å². The summed E-state index contributed by atoms with van der Waals surface area (Å²) < 4.78 is 40.1. The fraction of sp³-hybridized carbons (Fsp3) is 0.368. The molecule has 29 heavy (non-hydrogen) atoms. The van der Waals surface area contributed by atoms with Gasteiger partial charge >= 0.3 is 6.18 Å². The molecule has 6 nitrogen and oxygen atoms in total. The Bertz CT molecular complexity index is 1030. The van der Waals surface area contributed by atoms with Crippen LogP contribution in [0.5, 0.6) is 0 Å². The molecule has 0 bridgehead atoms. The average molecular weight is 423 g/mol. The molecule has 1 unspecified atom stereocenters. The van der Waals surface area contributed by atoms with Gasteiger partial charge < -0.3 is 5.32 Å². The van der Waals surface area contributed by atoms with Crippen molar-refractivity contribution >= 4 is 17.2 Å². The van der Waals surface area contributed by atoms with Crippen molar-refractivity contribution in [1.82, 2.24) is 25.1 Å². The molecule has 0 aromatic carbocycles. The van der Waals surface area contributed by atoms with Crippen LogP contribution in [0.2, 0.25) is 0 Å². The number of halogens is 3. The van der Waals surface area contributed by atoms with E-state index in [2.05, 4.69) is 20.4 Å². The lowest BCUT2D eigenvalue weighted by Gasteiger charge is -2.11. The third-order valence-electron chi connectivity index (χ3n) is 4.32. The summed E-state index contributed by atoms with van der Waals surface area (Å²) in [5.41, 5.74) is 0.623. The van der Waals surface area contributed by atoms with Crippen LogP contribution >= 0.6 is 11.3 Å². The predicted molar refractivity (Wildman–Crippen MR) is 104 cm³/mol. The number of hydrogen-bond donors (Lipinski definition) is 1. The van der Waals surface area contributed by atoms with Gasteiger partial charge in [0.05, 0.1) is 11.7 Å². The number of hydrogen-bond acceptors (Lipinski definition) is 5. The van der Waals surface area contributed by atoms with Crippen LogP contribution in [0.15, 0.2) is 30.6 Å². The number of aryl methyl sites for hydroxylation is 1. The zero-order chi connectivity index (χ0) is 21.3. The summed E-state index contributed by atoms with van der Waals surface area (Å²) in [6.45, 7) is 5.78. The Morgan fingerprint density at radius 1 is 1.21 bits per heavy atom.